The maximum Gasteiger partial charge on any atom is 0.257 e. The molecule has 0 radical (unpaired) electrons. The van der Waals surface area contributed by atoms with Gasteiger partial charge in [0.25, 0.3) is 5.91 Å². The molecule has 0 saturated heterocycles. The summed E-state index contributed by atoms with van der Waals surface area (Å²) in [4.78, 5) is 35.3. The molecule has 0 atom stereocenters. The highest BCUT2D eigenvalue weighted by Gasteiger charge is 2.15. The first-order chi connectivity index (χ1) is 17.4. The first-order valence-corrected chi connectivity index (χ1v) is 11.9. The average molecular weight is 484 g/mol. The molecule has 1 amide bonds. The Bertz CT molecular complexity index is 1350. The van der Waals surface area contributed by atoms with Gasteiger partial charge in [-0.05, 0) is 55.3 Å². The van der Waals surface area contributed by atoms with Gasteiger partial charge in [-0.15, -0.1) is 0 Å². The minimum atomic E-state index is -0.190. The van der Waals surface area contributed by atoms with E-state index < -0.39 is 0 Å². The van der Waals surface area contributed by atoms with E-state index in [1.807, 2.05) is 71.2 Å². The summed E-state index contributed by atoms with van der Waals surface area (Å²) in [7, 11) is 3.64. The zero-order valence-corrected chi connectivity index (χ0v) is 21.4. The Morgan fingerprint density at radius 2 is 1.94 bits per heavy atom. The lowest BCUT2D eigenvalue weighted by Gasteiger charge is -2.18. The van der Waals surface area contributed by atoms with Gasteiger partial charge in [-0.3, -0.25) is 19.9 Å². The van der Waals surface area contributed by atoms with Gasteiger partial charge in [0.1, 0.15) is 0 Å². The maximum absolute atomic E-state index is 13.0. The molecular weight excluding hydrogens is 450 g/mol. The fraction of sp³-hybridized carbons (Fsp3) is 0.241. The minimum Gasteiger partial charge on any atom is -0.378 e. The van der Waals surface area contributed by atoms with Crippen molar-refractivity contribution in [2.75, 3.05) is 26.0 Å². The Kier molecular flexibility index (Phi) is 9.11. The highest BCUT2D eigenvalue weighted by Crippen LogP contribution is 2.20. The first-order valence-electron chi connectivity index (χ1n) is 11.9. The van der Waals surface area contributed by atoms with Crippen LogP contribution in [0.3, 0.4) is 0 Å². The molecule has 2 aromatic carbocycles. The molecule has 0 aliphatic heterocycles. The smallest absolute Gasteiger partial charge is 0.257 e. The summed E-state index contributed by atoms with van der Waals surface area (Å²) in [5, 5.41) is 3.00. The fourth-order valence-corrected chi connectivity index (χ4v) is 3.78. The summed E-state index contributed by atoms with van der Waals surface area (Å²) in [6.45, 7) is 8.68. The normalized spacial score (nSPS) is 12.2. The number of imidazole rings is 1. The lowest BCUT2D eigenvalue weighted by Crippen LogP contribution is -2.22. The minimum absolute atomic E-state index is 0.0455. The number of aliphatic imine (C=N–C) groups is 1. The van der Waals surface area contributed by atoms with Crippen molar-refractivity contribution in [3.05, 3.63) is 96.2 Å². The molecule has 1 heterocycles. The number of rotatable bonds is 11. The molecule has 0 fully saturated rings. The molecule has 0 bridgehead atoms. The van der Waals surface area contributed by atoms with E-state index in [-0.39, 0.29) is 11.7 Å². The lowest BCUT2D eigenvalue weighted by molar-refractivity contribution is -0.112. The van der Waals surface area contributed by atoms with Gasteiger partial charge in [0.15, 0.2) is 5.78 Å². The van der Waals surface area contributed by atoms with E-state index in [2.05, 4.69) is 28.8 Å². The van der Waals surface area contributed by atoms with Crippen molar-refractivity contribution in [1.29, 1.82) is 0 Å². The quantitative estimate of drug-likeness (QED) is 0.235. The summed E-state index contributed by atoms with van der Waals surface area (Å²) in [5.41, 5.74) is 4.94. The van der Waals surface area contributed by atoms with Crippen molar-refractivity contribution in [3.8, 4) is 0 Å². The number of aromatic nitrogens is 2. The van der Waals surface area contributed by atoms with Crippen LogP contribution >= 0.6 is 0 Å². The number of aryl methyl sites for hydroxylation is 1. The number of allylic oxidation sites excluding steroid dienone is 4. The number of fused-ring (bicyclic) bond motifs is 1. The Morgan fingerprint density at radius 1 is 1.17 bits per heavy atom. The van der Waals surface area contributed by atoms with E-state index >= 15 is 0 Å². The maximum atomic E-state index is 13.0. The number of hydrogen-bond acceptors (Lipinski definition) is 5. The van der Waals surface area contributed by atoms with Crippen LogP contribution < -0.4 is 5.32 Å². The summed E-state index contributed by atoms with van der Waals surface area (Å²) in [6.07, 6.45) is 7.69. The van der Waals surface area contributed by atoms with Crippen LogP contribution in [0, 0.1) is 0 Å². The van der Waals surface area contributed by atoms with Gasteiger partial charge in [0.2, 0.25) is 5.95 Å². The monoisotopic (exact) mass is 483 g/mol. The predicted octanol–water partition coefficient (Wildman–Crippen LogP) is 5.07. The molecule has 0 spiro atoms. The van der Waals surface area contributed by atoms with E-state index in [1.54, 1.807) is 19.2 Å². The second-order valence-corrected chi connectivity index (χ2v) is 8.41. The number of nitrogens with one attached hydrogen (secondary N) is 1. The Morgan fingerprint density at radius 3 is 2.64 bits per heavy atom. The number of carbonyl (C=O) groups excluding carboxylic acids is 2. The van der Waals surface area contributed by atoms with Crippen LogP contribution in [0.15, 0.2) is 90.1 Å². The largest absolute Gasteiger partial charge is 0.378 e. The number of ketones is 1. The van der Waals surface area contributed by atoms with Gasteiger partial charge in [0, 0.05) is 44.5 Å². The molecule has 0 unspecified atom stereocenters. The second kappa shape index (κ2) is 12.4. The second-order valence-electron chi connectivity index (χ2n) is 8.41. The van der Waals surface area contributed by atoms with Crippen molar-refractivity contribution < 1.29 is 9.59 Å². The first kappa shape index (κ1) is 26.3. The molecule has 186 valence electrons. The molecule has 7 heteroatoms. The summed E-state index contributed by atoms with van der Waals surface area (Å²) >= 11 is 0. The fourth-order valence-electron chi connectivity index (χ4n) is 3.78. The Hall–Kier alpha value is -4.26. The van der Waals surface area contributed by atoms with E-state index in [0.717, 1.165) is 28.6 Å². The number of anilines is 1. The van der Waals surface area contributed by atoms with Gasteiger partial charge in [-0.1, -0.05) is 43.8 Å². The van der Waals surface area contributed by atoms with Gasteiger partial charge in [-0.25, -0.2) is 4.98 Å². The molecule has 0 aliphatic carbocycles. The van der Waals surface area contributed by atoms with Crippen LogP contribution in [0.5, 0.6) is 0 Å². The van der Waals surface area contributed by atoms with Gasteiger partial charge in [0.05, 0.1) is 16.7 Å². The van der Waals surface area contributed by atoms with Crippen LogP contribution in [0.4, 0.5) is 5.95 Å². The predicted molar refractivity (Wildman–Crippen MR) is 148 cm³/mol. The standard InChI is InChI=1S/C29H33N5O2/c1-6-22-11-10-12-24(19-22)28(36)32-29-31-26-13-8-9-14-27(26)34(29)18-17-33(5)20-23(7-2)25(30-4)16-15-21(3)35/h7-16,19-20H,2,6,17-18H2,1,3-5H3,(H,31,32,36)/b16-15-,23-20+,30-25?. The molecule has 7 nitrogen and oxygen atoms in total. The zero-order valence-electron chi connectivity index (χ0n) is 21.4. The number of para-hydroxylation sites is 2. The Labute approximate surface area is 212 Å². The molecule has 0 aliphatic rings. The van der Waals surface area contributed by atoms with E-state index in [0.29, 0.717) is 30.3 Å². The van der Waals surface area contributed by atoms with Crippen LogP contribution in [0.2, 0.25) is 0 Å². The molecule has 1 N–H and O–H groups in total. The van der Waals surface area contributed by atoms with E-state index in [1.165, 1.54) is 13.0 Å². The zero-order chi connectivity index (χ0) is 26.1. The third kappa shape index (κ3) is 6.66. The summed E-state index contributed by atoms with van der Waals surface area (Å²) in [5.74, 6) is 0.269. The van der Waals surface area contributed by atoms with Crippen LogP contribution in [-0.4, -0.2) is 52.5 Å². The third-order valence-electron chi connectivity index (χ3n) is 5.75. The number of carbonyl (C=O) groups is 2. The van der Waals surface area contributed by atoms with Gasteiger partial charge >= 0.3 is 0 Å². The highest BCUT2D eigenvalue weighted by atomic mass is 16.1. The number of benzene rings is 2. The lowest BCUT2D eigenvalue weighted by atomic mass is 10.1. The van der Waals surface area contributed by atoms with Crippen LogP contribution in [-0.2, 0) is 17.8 Å². The van der Waals surface area contributed by atoms with Gasteiger partial charge < -0.3 is 9.47 Å². The number of amides is 1. The van der Waals surface area contributed by atoms with E-state index in [9.17, 15) is 9.59 Å². The van der Waals surface area contributed by atoms with Crippen LogP contribution in [0.1, 0.15) is 29.8 Å². The van der Waals surface area contributed by atoms with Crippen molar-refractivity contribution in [3.63, 3.8) is 0 Å². The average Bonchev–Trinajstić information content (AvgIpc) is 3.23. The van der Waals surface area contributed by atoms with Crippen molar-refractivity contribution in [2.45, 2.75) is 26.8 Å². The topological polar surface area (TPSA) is 79.6 Å². The number of hydrogen-bond donors (Lipinski definition) is 1. The van der Waals surface area contributed by atoms with Gasteiger partial charge in [-0.2, -0.15) is 0 Å². The van der Waals surface area contributed by atoms with Crippen molar-refractivity contribution in [2.24, 2.45) is 4.99 Å². The van der Waals surface area contributed by atoms with Crippen molar-refractivity contribution >= 4 is 34.4 Å². The molecular formula is C29H33N5O2. The molecule has 1 aromatic heterocycles. The summed E-state index contributed by atoms with van der Waals surface area (Å²) < 4.78 is 2.01. The third-order valence-corrected chi connectivity index (χ3v) is 5.75. The molecule has 3 aromatic rings. The number of nitrogens with zero attached hydrogens (tertiary/aromatic N) is 4. The molecule has 3 rings (SSSR count). The molecule has 0 saturated carbocycles. The Balaban J connectivity index is 1.83. The summed E-state index contributed by atoms with van der Waals surface area (Å²) in [6, 6.07) is 15.4. The molecule has 36 heavy (non-hydrogen) atoms. The van der Waals surface area contributed by atoms with Crippen LogP contribution in [0.25, 0.3) is 11.0 Å². The SMILES string of the molecule is C=C/C(=C\N(C)CCn1c(NC(=O)c2cccc(CC)c2)nc2ccccc21)C(/C=C\C(C)=O)=NC. The van der Waals surface area contributed by atoms with Crippen molar-refractivity contribution in [1.82, 2.24) is 14.5 Å². The van der Waals surface area contributed by atoms with E-state index in [4.69, 9.17) is 0 Å². The highest BCUT2D eigenvalue weighted by molar-refractivity contribution is 6.12. The number of likely N-dealkylation sites (N-methyl/N-ethyl adjacent to an activating group) is 1.